The van der Waals surface area contributed by atoms with Gasteiger partial charge in [-0.1, -0.05) is 24.3 Å². The molecule has 0 spiro atoms. The van der Waals surface area contributed by atoms with Crippen molar-refractivity contribution in [3.05, 3.63) is 88.2 Å². The molecule has 1 fully saturated rings. The monoisotopic (exact) mass is 488 g/mol. The molecule has 0 heterocycles. The van der Waals surface area contributed by atoms with Crippen LogP contribution in [0.25, 0.3) is 11.1 Å². The molecule has 0 atom stereocenters. The first kappa shape index (κ1) is 25.2. The average Bonchev–Trinajstić information content (AvgIpc) is 2.86. The van der Waals surface area contributed by atoms with Crippen molar-refractivity contribution in [2.24, 2.45) is 5.92 Å². The van der Waals surface area contributed by atoms with E-state index in [1.807, 2.05) is 0 Å². The highest BCUT2D eigenvalue weighted by atomic mass is 19.2. The Bertz CT molecular complexity index is 1200. The highest BCUT2D eigenvalue weighted by Gasteiger charge is 2.25. The summed E-state index contributed by atoms with van der Waals surface area (Å²) in [6.45, 7) is 3.41. The smallest absolute Gasteiger partial charge is 0.201 e. The fourth-order valence-electron chi connectivity index (χ4n) is 5.03. The van der Waals surface area contributed by atoms with E-state index in [2.05, 4.69) is 0 Å². The Balaban J connectivity index is 1.39. The highest BCUT2D eigenvalue weighted by molar-refractivity contribution is 5.66. The molecular formula is C29H29F5O. The maximum absolute atomic E-state index is 14.9. The second-order valence-corrected chi connectivity index (χ2v) is 9.34. The maximum Gasteiger partial charge on any atom is 0.201 e. The van der Waals surface area contributed by atoms with Gasteiger partial charge in [0.15, 0.2) is 23.2 Å². The molecule has 1 aliphatic carbocycles. The van der Waals surface area contributed by atoms with Crippen LogP contribution in [0.15, 0.2) is 42.5 Å². The first-order valence-corrected chi connectivity index (χ1v) is 12.1. The lowest BCUT2D eigenvalue weighted by Crippen LogP contribution is -2.14. The van der Waals surface area contributed by atoms with E-state index in [0.29, 0.717) is 23.5 Å². The van der Waals surface area contributed by atoms with Gasteiger partial charge in [0.05, 0.1) is 6.61 Å². The van der Waals surface area contributed by atoms with Crippen molar-refractivity contribution in [1.82, 2.24) is 0 Å². The van der Waals surface area contributed by atoms with Gasteiger partial charge in [0.2, 0.25) is 5.82 Å². The van der Waals surface area contributed by atoms with Crippen LogP contribution < -0.4 is 4.74 Å². The second kappa shape index (κ2) is 10.8. The van der Waals surface area contributed by atoms with Crippen LogP contribution in [0.3, 0.4) is 0 Å². The molecule has 0 amide bonds. The van der Waals surface area contributed by atoms with Crippen LogP contribution in [0.4, 0.5) is 22.0 Å². The molecule has 0 aromatic heterocycles. The molecule has 4 rings (SSSR count). The molecule has 1 saturated carbocycles. The molecule has 6 heteroatoms. The normalized spacial score (nSPS) is 18.0. The van der Waals surface area contributed by atoms with Crippen molar-refractivity contribution < 1.29 is 26.7 Å². The van der Waals surface area contributed by atoms with Gasteiger partial charge in [0, 0.05) is 11.1 Å². The minimum absolute atomic E-state index is 0.00856. The van der Waals surface area contributed by atoms with Crippen LogP contribution >= 0.6 is 0 Å². The summed E-state index contributed by atoms with van der Waals surface area (Å²) in [7, 11) is 0. The first-order chi connectivity index (χ1) is 16.8. The summed E-state index contributed by atoms with van der Waals surface area (Å²) in [6.07, 6.45) is 4.83. The molecule has 0 unspecified atom stereocenters. The fourth-order valence-corrected chi connectivity index (χ4v) is 5.03. The van der Waals surface area contributed by atoms with E-state index in [0.717, 1.165) is 37.7 Å². The van der Waals surface area contributed by atoms with Gasteiger partial charge < -0.3 is 4.74 Å². The van der Waals surface area contributed by atoms with E-state index < -0.39 is 29.1 Å². The van der Waals surface area contributed by atoms with Crippen molar-refractivity contribution in [2.75, 3.05) is 6.61 Å². The molecule has 1 nitrogen and oxygen atoms in total. The van der Waals surface area contributed by atoms with Crippen LogP contribution in [0, 0.1) is 41.9 Å². The van der Waals surface area contributed by atoms with Crippen molar-refractivity contribution in [1.29, 1.82) is 0 Å². The molecule has 1 aliphatic rings. The maximum atomic E-state index is 14.9. The Labute approximate surface area is 202 Å². The van der Waals surface area contributed by atoms with Crippen LogP contribution in [-0.4, -0.2) is 6.61 Å². The van der Waals surface area contributed by atoms with Gasteiger partial charge >= 0.3 is 0 Å². The van der Waals surface area contributed by atoms with Crippen LogP contribution in [0.5, 0.6) is 5.75 Å². The van der Waals surface area contributed by atoms with E-state index in [9.17, 15) is 22.0 Å². The molecule has 35 heavy (non-hydrogen) atoms. The molecule has 3 aromatic rings. The summed E-state index contributed by atoms with van der Waals surface area (Å²) in [5.74, 6) is -4.00. The second-order valence-electron chi connectivity index (χ2n) is 9.34. The highest BCUT2D eigenvalue weighted by Crippen LogP contribution is 2.39. The fraction of sp³-hybridized carbons (Fsp3) is 0.379. The van der Waals surface area contributed by atoms with Gasteiger partial charge in [-0.25, -0.2) is 17.6 Å². The van der Waals surface area contributed by atoms with E-state index in [1.165, 1.54) is 24.3 Å². The van der Waals surface area contributed by atoms with Gasteiger partial charge in [-0.15, -0.1) is 0 Å². The predicted molar refractivity (Wildman–Crippen MR) is 127 cm³/mol. The lowest BCUT2D eigenvalue weighted by atomic mass is 9.76. The third-order valence-electron chi connectivity index (χ3n) is 7.13. The first-order valence-electron chi connectivity index (χ1n) is 12.1. The number of ether oxygens (including phenoxy) is 1. The summed E-state index contributed by atoms with van der Waals surface area (Å²) in [6, 6.07) is 10.6. The number of halogens is 5. The van der Waals surface area contributed by atoms with Gasteiger partial charge in [-0.3, -0.25) is 0 Å². The Morgan fingerprint density at radius 3 is 2.17 bits per heavy atom. The molecule has 0 N–H and O–H groups in total. The van der Waals surface area contributed by atoms with E-state index >= 15 is 0 Å². The number of aryl methyl sites for hydroxylation is 2. The van der Waals surface area contributed by atoms with Gasteiger partial charge in [-0.05, 0) is 99.1 Å². The van der Waals surface area contributed by atoms with Crippen LogP contribution in [0.2, 0.25) is 0 Å². The Morgan fingerprint density at radius 2 is 1.49 bits per heavy atom. The topological polar surface area (TPSA) is 9.23 Å². The summed E-state index contributed by atoms with van der Waals surface area (Å²) >= 11 is 0. The van der Waals surface area contributed by atoms with Crippen molar-refractivity contribution >= 4 is 0 Å². The summed E-state index contributed by atoms with van der Waals surface area (Å²) in [5.41, 5.74) is 1.42. The quantitative estimate of drug-likeness (QED) is 0.302. The zero-order chi connectivity index (χ0) is 25.1. The van der Waals surface area contributed by atoms with Crippen molar-refractivity contribution in [3.8, 4) is 16.9 Å². The molecule has 186 valence electrons. The molecule has 3 aromatic carbocycles. The average molecular weight is 489 g/mol. The molecule has 0 radical (unpaired) electrons. The van der Waals surface area contributed by atoms with Crippen LogP contribution in [0.1, 0.15) is 61.6 Å². The minimum atomic E-state index is -1.13. The van der Waals surface area contributed by atoms with E-state index in [4.69, 9.17) is 4.74 Å². The lowest BCUT2D eigenvalue weighted by Gasteiger charge is -2.29. The summed E-state index contributed by atoms with van der Waals surface area (Å²) < 4.78 is 76.7. The largest absolute Gasteiger partial charge is 0.491 e. The molecule has 0 aliphatic heterocycles. The Morgan fingerprint density at radius 1 is 0.771 bits per heavy atom. The number of hydrogen-bond donors (Lipinski definition) is 0. The van der Waals surface area contributed by atoms with Gasteiger partial charge in [0.1, 0.15) is 5.82 Å². The lowest BCUT2D eigenvalue weighted by molar-refractivity contribution is 0.308. The van der Waals surface area contributed by atoms with E-state index in [-0.39, 0.29) is 29.4 Å². The van der Waals surface area contributed by atoms with Gasteiger partial charge in [0.25, 0.3) is 0 Å². The number of benzene rings is 3. The molecule has 0 bridgehead atoms. The Kier molecular flexibility index (Phi) is 7.78. The number of rotatable bonds is 7. The molecule has 0 saturated heterocycles. The summed E-state index contributed by atoms with van der Waals surface area (Å²) in [4.78, 5) is 0. The van der Waals surface area contributed by atoms with Crippen LogP contribution in [-0.2, 0) is 6.42 Å². The third-order valence-corrected chi connectivity index (χ3v) is 7.13. The minimum Gasteiger partial charge on any atom is -0.491 e. The standard InChI is InChI=1S/C29H29F5O/c1-3-35-25-15-14-23(28(33)29(25)34)22-13-12-21(16-24(22)30)19-9-5-18(6-10-19)7-11-20-8-4-17(2)26(31)27(20)32/h4,8,12-16,18-19H,3,5-7,9-11H2,1-2H3. The van der Waals surface area contributed by atoms with Crippen molar-refractivity contribution in [3.63, 3.8) is 0 Å². The SMILES string of the molecule is CCOc1ccc(-c2ccc(C3CCC(CCc4ccc(C)c(F)c4F)CC3)cc2F)c(F)c1F. The zero-order valence-electron chi connectivity index (χ0n) is 19.9. The molecular weight excluding hydrogens is 459 g/mol. The Hall–Kier alpha value is -2.89. The van der Waals surface area contributed by atoms with E-state index in [1.54, 1.807) is 32.0 Å². The number of hydrogen-bond acceptors (Lipinski definition) is 1. The third kappa shape index (κ3) is 5.36. The zero-order valence-corrected chi connectivity index (χ0v) is 19.9. The predicted octanol–water partition coefficient (Wildman–Crippen LogP) is 8.66. The van der Waals surface area contributed by atoms with Crippen molar-refractivity contribution in [2.45, 2.75) is 58.3 Å². The summed E-state index contributed by atoms with van der Waals surface area (Å²) in [5, 5.41) is 0. The van der Waals surface area contributed by atoms with Gasteiger partial charge in [-0.2, -0.15) is 4.39 Å².